The third-order valence-corrected chi connectivity index (χ3v) is 13.3. The SMILES string of the molecule is CC(C)c1cccc(C(C)C)c1N1C=CN(c2c(C(C)C)cccc2C(C)C)B1N([SiH](N)N)[Si](C)(C)C. The summed E-state index contributed by atoms with van der Waals surface area (Å²) in [4.78, 5) is 4.98. The van der Waals surface area contributed by atoms with Crippen LogP contribution in [-0.4, -0.2) is 28.8 Å². The van der Waals surface area contributed by atoms with E-state index >= 15 is 0 Å². The van der Waals surface area contributed by atoms with Gasteiger partial charge in [-0.25, -0.2) is 0 Å². The Labute approximate surface area is 230 Å². The smallest absolute Gasteiger partial charge is 0.356 e. The maximum absolute atomic E-state index is 6.77. The summed E-state index contributed by atoms with van der Waals surface area (Å²) in [6.07, 6.45) is 4.56. The van der Waals surface area contributed by atoms with E-state index in [-0.39, 0.29) is 7.12 Å². The highest BCUT2D eigenvalue weighted by Gasteiger charge is 2.49. The van der Waals surface area contributed by atoms with Crippen LogP contribution in [-0.2, 0) is 0 Å². The lowest BCUT2D eigenvalue weighted by molar-refractivity contribution is 0.822. The highest BCUT2D eigenvalue weighted by molar-refractivity contribution is 6.95. The molecule has 0 aromatic heterocycles. The van der Waals surface area contributed by atoms with E-state index in [9.17, 15) is 0 Å². The van der Waals surface area contributed by atoms with Gasteiger partial charge in [0, 0.05) is 23.8 Å². The molecule has 3 rings (SSSR count). The summed E-state index contributed by atoms with van der Waals surface area (Å²) >= 11 is 0. The Kier molecular flexibility index (Phi) is 9.23. The molecular formula is C29H50BN5Si2. The minimum atomic E-state index is -2.18. The molecule has 1 aliphatic heterocycles. The van der Waals surface area contributed by atoms with E-state index in [0.29, 0.717) is 23.7 Å². The minimum absolute atomic E-state index is 0.0897. The molecule has 2 aromatic carbocycles. The van der Waals surface area contributed by atoms with Crippen molar-refractivity contribution in [3.63, 3.8) is 0 Å². The van der Waals surface area contributed by atoms with E-state index in [0.717, 1.165) is 0 Å². The second kappa shape index (κ2) is 11.5. The number of anilines is 2. The third-order valence-electron chi connectivity index (χ3n) is 7.43. The summed E-state index contributed by atoms with van der Waals surface area (Å²) in [6.45, 7) is 25.4. The molecule has 1 aliphatic rings. The van der Waals surface area contributed by atoms with Crippen molar-refractivity contribution in [1.29, 1.82) is 0 Å². The summed E-state index contributed by atoms with van der Waals surface area (Å²) in [5.74, 6) is 1.59. The van der Waals surface area contributed by atoms with Gasteiger partial charge in [0.05, 0.1) is 0 Å². The van der Waals surface area contributed by atoms with Gasteiger partial charge in [-0.1, -0.05) is 111 Å². The number of hydrogen-bond donors (Lipinski definition) is 2. The van der Waals surface area contributed by atoms with Gasteiger partial charge in [-0.15, -0.1) is 0 Å². The first-order valence-electron chi connectivity index (χ1n) is 14.0. The van der Waals surface area contributed by atoms with Crippen molar-refractivity contribution in [2.45, 2.75) is 98.7 Å². The second-order valence-electron chi connectivity index (χ2n) is 12.7. The van der Waals surface area contributed by atoms with E-state index < -0.39 is 17.5 Å². The van der Waals surface area contributed by atoms with E-state index in [4.69, 9.17) is 10.8 Å². The second-order valence-corrected chi connectivity index (χ2v) is 19.6. The van der Waals surface area contributed by atoms with Crippen molar-refractivity contribution in [3.05, 3.63) is 71.1 Å². The van der Waals surface area contributed by atoms with Gasteiger partial charge in [-0.05, 0) is 45.9 Å². The van der Waals surface area contributed by atoms with Gasteiger partial charge in [0.2, 0.25) is 9.28 Å². The Morgan fingerprint density at radius 3 is 1.16 bits per heavy atom. The molecule has 0 amide bonds. The van der Waals surface area contributed by atoms with Gasteiger partial charge in [0.1, 0.15) is 8.24 Å². The average Bonchev–Trinajstić information content (AvgIpc) is 3.19. The molecule has 0 radical (unpaired) electrons. The molecule has 0 saturated carbocycles. The Hall–Kier alpha value is -1.84. The van der Waals surface area contributed by atoms with Crippen LogP contribution in [0.2, 0.25) is 19.6 Å². The number of benzene rings is 2. The number of para-hydroxylation sites is 2. The van der Waals surface area contributed by atoms with Crippen LogP contribution in [0.3, 0.4) is 0 Å². The van der Waals surface area contributed by atoms with Gasteiger partial charge in [-0.3, -0.25) is 0 Å². The first-order valence-corrected chi connectivity index (χ1v) is 19.3. The largest absolute Gasteiger partial charge is 0.467 e. The molecule has 4 N–H and O–H groups in total. The lowest BCUT2D eigenvalue weighted by Crippen LogP contribution is -2.75. The van der Waals surface area contributed by atoms with Gasteiger partial charge in [0.25, 0.3) is 0 Å². The Morgan fingerprint density at radius 1 is 0.649 bits per heavy atom. The molecular weight excluding hydrogens is 485 g/mol. The van der Waals surface area contributed by atoms with Crippen LogP contribution >= 0.6 is 0 Å². The first-order chi connectivity index (χ1) is 17.2. The van der Waals surface area contributed by atoms with Crippen molar-refractivity contribution in [2.24, 2.45) is 10.8 Å². The summed E-state index contributed by atoms with van der Waals surface area (Å²) in [5, 5.41) is 13.5. The molecule has 0 saturated heterocycles. The van der Waals surface area contributed by atoms with Crippen molar-refractivity contribution < 1.29 is 0 Å². The zero-order valence-electron chi connectivity index (χ0n) is 25.1. The number of nitrogens with zero attached hydrogens (tertiary/aromatic N) is 3. The molecule has 0 atom stereocenters. The topological polar surface area (TPSA) is 61.8 Å². The fourth-order valence-corrected chi connectivity index (χ4v) is 10.8. The molecule has 37 heavy (non-hydrogen) atoms. The molecule has 0 spiro atoms. The van der Waals surface area contributed by atoms with Crippen molar-refractivity contribution in [2.75, 3.05) is 9.62 Å². The molecule has 202 valence electrons. The van der Waals surface area contributed by atoms with E-state index in [1.54, 1.807) is 0 Å². The van der Waals surface area contributed by atoms with Crippen LogP contribution in [0.4, 0.5) is 11.4 Å². The lowest BCUT2D eigenvalue weighted by atomic mass is 9.82. The van der Waals surface area contributed by atoms with E-state index in [2.05, 4.69) is 138 Å². The van der Waals surface area contributed by atoms with Crippen LogP contribution in [0.1, 0.15) is 101 Å². The van der Waals surface area contributed by atoms with Gasteiger partial charge in [-0.2, -0.15) is 0 Å². The first kappa shape index (κ1) is 29.7. The number of rotatable bonds is 9. The standard InChI is InChI=1S/C29H50BN5Si2/c1-20(2)24-14-12-15-25(21(3)4)28(24)33-18-19-34(30(33)35(36(31)32)37(9,10)11)29-26(22(5)6)16-13-17-27(29)23(7)8/h12-23,36H,31-32H2,1-11H3. The van der Waals surface area contributed by atoms with Crippen LogP contribution in [0.5, 0.6) is 0 Å². The minimum Gasteiger partial charge on any atom is -0.356 e. The Balaban J connectivity index is 2.38. The van der Waals surface area contributed by atoms with Crippen LogP contribution in [0.15, 0.2) is 48.8 Å². The summed E-state index contributed by atoms with van der Waals surface area (Å²) in [5.41, 5.74) is 8.08. The summed E-state index contributed by atoms with van der Waals surface area (Å²) in [6, 6.07) is 13.6. The third kappa shape index (κ3) is 5.93. The van der Waals surface area contributed by atoms with Gasteiger partial charge >= 0.3 is 7.12 Å². The van der Waals surface area contributed by atoms with Crippen LogP contribution < -0.4 is 20.4 Å². The summed E-state index contributed by atoms with van der Waals surface area (Å²) < 4.78 is 2.52. The van der Waals surface area contributed by atoms with Gasteiger partial charge < -0.3 is 24.6 Å². The molecule has 2 aromatic rings. The maximum atomic E-state index is 6.77. The normalized spacial score (nSPS) is 14.7. The lowest BCUT2D eigenvalue weighted by Gasteiger charge is -2.46. The highest BCUT2D eigenvalue weighted by atomic mass is 28.4. The Bertz CT molecular complexity index is 982. The van der Waals surface area contributed by atoms with Crippen molar-refractivity contribution >= 4 is 36.0 Å². The Morgan fingerprint density at radius 2 is 0.946 bits per heavy atom. The summed E-state index contributed by atoms with van der Waals surface area (Å²) in [7, 11) is -4.19. The van der Waals surface area contributed by atoms with Crippen molar-refractivity contribution in [3.8, 4) is 0 Å². The number of hydrogen-bond acceptors (Lipinski definition) is 5. The van der Waals surface area contributed by atoms with Gasteiger partial charge in [0.15, 0.2) is 0 Å². The van der Waals surface area contributed by atoms with Crippen LogP contribution in [0, 0.1) is 0 Å². The zero-order chi connectivity index (χ0) is 27.8. The van der Waals surface area contributed by atoms with E-state index in [1.807, 2.05) is 0 Å². The monoisotopic (exact) mass is 535 g/mol. The molecule has 0 unspecified atom stereocenters. The average molecular weight is 536 g/mol. The van der Waals surface area contributed by atoms with Crippen LogP contribution in [0.25, 0.3) is 0 Å². The highest BCUT2D eigenvalue weighted by Crippen LogP contribution is 2.43. The quantitative estimate of drug-likeness (QED) is 0.349. The fraction of sp³-hybridized carbons (Fsp3) is 0.517. The maximum Gasteiger partial charge on any atom is 0.467 e. The molecule has 0 aliphatic carbocycles. The molecule has 0 fully saturated rings. The van der Waals surface area contributed by atoms with Crippen molar-refractivity contribution in [1.82, 2.24) is 4.14 Å². The predicted octanol–water partition coefficient (Wildman–Crippen LogP) is 6.73. The zero-order valence-corrected chi connectivity index (χ0v) is 27.2. The molecule has 0 bridgehead atoms. The predicted molar refractivity (Wildman–Crippen MR) is 170 cm³/mol. The molecule has 8 heteroatoms. The number of nitrogens with two attached hydrogens (primary N) is 2. The van der Waals surface area contributed by atoms with E-state index in [1.165, 1.54) is 33.6 Å². The molecule has 5 nitrogen and oxygen atoms in total. The molecule has 1 heterocycles. The fourth-order valence-electron chi connectivity index (χ4n) is 5.65.